The lowest BCUT2D eigenvalue weighted by atomic mass is 9.99. The van der Waals surface area contributed by atoms with E-state index in [1.165, 1.54) is 51.0 Å². The van der Waals surface area contributed by atoms with Crippen LogP contribution in [0.4, 0.5) is 0 Å². The number of hydrogen-bond donors (Lipinski definition) is 1. The van der Waals surface area contributed by atoms with Crippen LogP contribution in [0, 0.1) is 11.8 Å². The fraction of sp³-hybridized carbons (Fsp3) is 0.556. The van der Waals surface area contributed by atoms with Crippen LogP contribution in [0.15, 0.2) is 24.3 Å². The molecule has 0 radical (unpaired) electrons. The smallest absolute Gasteiger partial charge is 0.0555 e. The third-order valence-electron chi connectivity index (χ3n) is 4.62. The van der Waals surface area contributed by atoms with Gasteiger partial charge in [-0.05, 0) is 37.1 Å². The number of rotatable bonds is 2. The van der Waals surface area contributed by atoms with Gasteiger partial charge in [-0.3, -0.25) is 9.80 Å². The molecule has 0 spiro atoms. The van der Waals surface area contributed by atoms with Gasteiger partial charge in [-0.25, -0.2) is 0 Å². The highest BCUT2D eigenvalue weighted by Crippen LogP contribution is 2.22. The second-order valence-electron chi connectivity index (χ2n) is 6.12. The van der Waals surface area contributed by atoms with Crippen LogP contribution in [0.3, 0.4) is 0 Å². The van der Waals surface area contributed by atoms with E-state index >= 15 is 0 Å². The predicted molar refractivity (Wildman–Crippen MR) is 86.9 cm³/mol. The Kier molecular flexibility index (Phi) is 4.92. The first-order valence-electron chi connectivity index (χ1n) is 8.09. The molecule has 2 aliphatic heterocycles. The number of piperazine rings is 1. The van der Waals surface area contributed by atoms with Gasteiger partial charge in [0.05, 0.1) is 6.54 Å². The van der Waals surface area contributed by atoms with E-state index in [1.807, 2.05) is 0 Å². The molecule has 2 N–H and O–H groups in total. The Balaban J connectivity index is 1.56. The summed E-state index contributed by atoms with van der Waals surface area (Å²) in [6.07, 6.45) is 4.18. The molecule has 2 heterocycles. The molecule has 0 amide bonds. The summed E-state index contributed by atoms with van der Waals surface area (Å²) >= 11 is 0. The molecule has 3 rings (SSSR count). The highest BCUT2D eigenvalue weighted by Gasteiger charge is 2.28. The number of nitrogens with two attached hydrogens (primary N) is 1. The molecule has 3 heteroatoms. The van der Waals surface area contributed by atoms with E-state index in [0.29, 0.717) is 6.54 Å². The van der Waals surface area contributed by atoms with Crippen molar-refractivity contribution in [2.24, 2.45) is 5.73 Å². The number of hydrogen-bond acceptors (Lipinski definition) is 3. The second-order valence-corrected chi connectivity index (χ2v) is 6.12. The van der Waals surface area contributed by atoms with Crippen LogP contribution < -0.4 is 5.73 Å². The predicted octanol–water partition coefficient (Wildman–Crippen LogP) is 1.67. The van der Waals surface area contributed by atoms with Crippen LogP contribution in [-0.4, -0.2) is 48.6 Å². The number of piperidine rings is 1. The summed E-state index contributed by atoms with van der Waals surface area (Å²) in [4.78, 5) is 5.29. The Bertz CT molecular complexity index is 512. The van der Waals surface area contributed by atoms with Gasteiger partial charge in [0.2, 0.25) is 0 Å². The lowest BCUT2D eigenvalue weighted by Crippen LogP contribution is -2.54. The van der Waals surface area contributed by atoms with E-state index in [4.69, 9.17) is 5.73 Å². The zero-order valence-corrected chi connectivity index (χ0v) is 12.7. The minimum absolute atomic E-state index is 0.424. The molecule has 0 aliphatic carbocycles. The Labute approximate surface area is 128 Å². The van der Waals surface area contributed by atoms with Crippen LogP contribution in [0.1, 0.15) is 30.4 Å². The van der Waals surface area contributed by atoms with Crippen LogP contribution >= 0.6 is 0 Å². The van der Waals surface area contributed by atoms with Gasteiger partial charge >= 0.3 is 0 Å². The summed E-state index contributed by atoms with van der Waals surface area (Å²) in [5.74, 6) is 5.98. The normalized spacial score (nSPS) is 23.2. The molecule has 21 heavy (non-hydrogen) atoms. The minimum atomic E-state index is 0.424. The number of benzene rings is 1. The topological polar surface area (TPSA) is 32.5 Å². The van der Waals surface area contributed by atoms with E-state index in [2.05, 4.69) is 45.9 Å². The number of nitrogens with zero attached hydrogens (tertiary/aromatic N) is 2. The largest absolute Gasteiger partial charge is 0.320 e. The van der Waals surface area contributed by atoms with E-state index < -0.39 is 0 Å². The molecule has 2 fully saturated rings. The van der Waals surface area contributed by atoms with Gasteiger partial charge in [-0.15, -0.1) is 0 Å². The van der Waals surface area contributed by atoms with Crippen molar-refractivity contribution >= 4 is 0 Å². The Morgan fingerprint density at radius 1 is 1.10 bits per heavy atom. The summed E-state index contributed by atoms with van der Waals surface area (Å²) in [5, 5.41) is 0. The van der Waals surface area contributed by atoms with Crippen molar-refractivity contribution in [2.75, 3.05) is 32.7 Å². The lowest BCUT2D eigenvalue weighted by molar-refractivity contribution is 0.0457. The third kappa shape index (κ3) is 3.85. The van der Waals surface area contributed by atoms with Crippen molar-refractivity contribution in [1.29, 1.82) is 0 Å². The molecule has 1 aromatic rings. The van der Waals surface area contributed by atoms with Gasteiger partial charge in [0.25, 0.3) is 0 Å². The average Bonchev–Trinajstić information content (AvgIpc) is 2.54. The lowest BCUT2D eigenvalue weighted by Gasteiger charge is -2.44. The van der Waals surface area contributed by atoms with Crippen LogP contribution in [0.2, 0.25) is 0 Å². The maximum absolute atomic E-state index is 5.40. The molecule has 1 unspecified atom stereocenters. The minimum Gasteiger partial charge on any atom is -0.320 e. The molecule has 112 valence electrons. The first kappa shape index (κ1) is 14.6. The van der Waals surface area contributed by atoms with Crippen molar-refractivity contribution < 1.29 is 0 Å². The molecule has 1 aromatic carbocycles. The van der Waals surface area contributed by atoms with Crippen molar-refractivity contribution in [1.82, 2.24) is 9.80 Å². The molecule has 2 saturated heterocycles. The first-order valence-corrected chi connectivity index (χ1v) is 8.09. The molecule has 3 nitrogen and oxygen atoms in total. The van der Waals surface area contributed by atoms with Gasteiger partial charge in [0.15, 0.2) is 0 Å². The van der Waals surface area contributed by atoms with E-state index in [1.54, 1.807) is 0 Å². The quantitative estimate of drug-likeness (QED) is 0.838. The van der Waals surface area contributed by atoms with E-state index in [-0.39, 0.29) is 0 Å². The van der Waals surface area contributed by atoms with Crippen molar-refractivity contribution in [3.63, 3.8) is 0 Å². The molecule has 1 atom stereocenters. The fourth-order valence-electron chi connectivity index (χ4n) is 3.47. The first-order chi connectivity index (χ1) is 10.3. The maximum atomic E-state index is 5.40. The van der Waals surface area contributed by atoms with Crippen molar-refractivity contribution in [2.45, 2.75) is 31.8 Å². The highest BCUT2D eigenvalue weighted by molar-refractivity contribution is 5.36. The van der Waals surface area contributed by atoms with Crippen molar-refractivity contribution in [3.05, 3.63) is 35.4 Å². The highest BCUT2D eigenvalue weighted by atomic mass is 15.3. The third-order valence-corrected chi connectivity index (χ3v) is 4.62. The fourth-order valence-corrected chi connectivity index (χ4v) is 3.47. The Morgan fingerprint density at radius 2 is 1.95 bits per heavy atom. The second kappa shape index (κ2) is 7.09. The van der Waals surface area contributed by atoms with Crippen molar-refractivity contribution in [3.8, 4) is 11.8 Å². The zero-order chi connectivity index (χ0) is 14.5. The monoisotopic (exact) mass is 283 g/mol. The Hall–Kier alpha value is -1.34. The standard InChI is InChI=1S/C18H25N3/c19-10-3-4-16-6-8-17(9-7-16)14-20-12-13-21-11-2-1-5-18(21)15-20/h6-9,18H,1-2,5,10-15,19H2. The molecule has 0 aromatic heterocycles. The summed E-state index contributed by atoms with van der Waals surface area (Å²) in [5.41, 5.74) is 7.84. The average molecular weight is 283 g/mol. The summed E-state index contributed by atoms with van der Waals surface area (Å²) < 4.78 is 0. The maximum Gasteiger partial charge on any atom is 0.0555 e. The SMILES string of the molecule is NCC#Cc1ccc(CN2CCN3CCCCC3C2)cc1. The number of fused-ring (bicyclic) bond motifs is 1. The van der Waals surface area contributed by atoms with Crippen LogP contribution in [0.5, 0.6) is 0 Å². The van der Waals surface area contributed by atoms with Crippen LogP contribution in [-0.2, 0) is 6.54 Å². The summed E-state index contributed by atoms with van der Waals surface area (Å²) in [6, 6.07) is 9.41. The summed E-state index contributed by atoms with van der Waals surface area (Å²) in [7, 11) is 0. The van der Waals surface area contributed by atoms with Gasteiger partial charge < -0.3 is 5.73 Å². The summed E-state index contributed by atoms with van der Waals surface area (Å²) in [6.45, 7) is 6.47. The van der Waals surface area contributed by atoms with E-state index in [0.717, 1.165) is 18.2 Å². The Morgan fingerprint density at radius 3 is 2.76 bits per heavy atom. The van der Waals surface area contributed by atoms with Crippen LogP contribution in [0.25, 0.3) is 0 Å². The van der Waals surface area contributed by atoms with Gasteiger partial charge in [-0.2, -0.15) is 0 Å². The van der Waals surface area contributed by atoms with Gasteiger partial charge in [0, 0.05) is 37.8 Å². The molecular weight excluding hydrogens is 258 g/mol. The van der Waals surface area contributed by atoms with Gasteiger partial charge in [0.1, 0.15) is 0 Å². The molecule has 0 saturated carbocycles. The molecule has 2 aliphatic rings. The van der Waals surface area contributed by atoms with E-state index in [9.17, 15) is 0 Å². The zero-order valence-electron chi connectivity index (χ0n) is 12.7. The molecular formula is C18H25N3. The molecule has 0 bridgehead atoms. The van der Waals surface area contributed by atoms with Gasteiger partial charge in [-0.1, -0.05) is 30.4 Å².